The van der Waals surface area contributed by atoms with Gasteiger partial charge in [0.2, 0.25) is 0 Å². The van der Waals surface area contributed by atoms with Crippen LogP contribution in [0.2, 0.25) is 0 Å². The Morgan fingerprint density at radius 1 is 1.26 bits per heavy atom. The minimum atomic E-state index is -4.32. The van der Waals surface area contributed by atoms with E-state index in [4.69, 9.17) is 5.11 Å². The van der Waals surface area contributed by atoms with E-state index in [0.29, 0.717) is 23.5 Å². The lowest BCUT2D eigenvalue weighted by Crippen LogP contribution is -2.28. The average Bonchev–Trinajstić information content (AvgIpc) is 2.99. The zero-order valence-electron chi connectivity index (χ0n) is 12.7. The number of nitrogens with one attached hydrogen (secondary N) is 1. The fourth-order valence-corrected chi connectivity index (χ4v) is 3.00. The Kier molecular flexibility index (Phi) is 6.15. The summed E-state index contributed by atoms with van der Waals surface area (Å²) in [5, 5.41) is 14.9. The number of hydrogen-bond donors (Lipinski definition) is 2. The van der Waals surface area contributed by atoms with Crippen LogP contribution in [0.25, 0.3) is 10.6 Å². The maximum atomic E-state index is 12.6. The Labute approximate surface area is 137 Å². The van der Waals surface area contributed by atoms with E-state index in [1.807, 2.05) is 12.3 Å². The standard InChI is InChI=1S/C16H19F3N2OS/c1-2-13(7-8-22)20-9-14-10-23-15(21-14)11-3-5-12(6-4-11)16(17,18)19/h3-6,10,13,20,22H,2,7-9H2,1H3. The third kappa shape index (κ3) is 5.02. The molecule has 2 rings (SSSR count). The minimum Gasteiger partial charge on any atom is -0.396 e. The van der Waals surface area contributed by atoms with Gasteiger partial charge >= 0.3 is 6.18 Å². The molecule has 1 aromatic carbocycles. The number of nitrogens with zero attached hydrogens (tertiary/aromatic N) is 1. The molecule has 0 aliphatic carbocycles. The molecule has 3 nitrogen and oxygen atoms in total. The predicted molar refractivity (Wildman–Crippen MR) is 85.2 cm³/mol. The number of aromatic nitrogens is 1. The molecular weight excluding hydrogens is 325 g/mol. The fourth-order valence-electron chi connectivity index (χ4n) is 2.18. The lowest BCUT2D eigenvalue weighted by molar-refractivity contribution is -0.137. The molecule has 126 valence electrons. The smallest absolute Gasteiger partial charge is 0.396 e. The summed E-state index contributed by atoms with van der Waals surface area (Å²) in [4.78, 5) is 4.45. The van der Waals surface area contributed by atoms with Gasteiger partial charge in [-0.25, -0.2) is 4.98 Å². The van der Waals surface area contributed by atoms with Gasteiger partial charge in [-0.2, -0.15) is 13.2 Å². The van der Waals surface area contributed by atoms with Crippen LogP contribution < -0.4 is 5.32 Å². The van der Waals surface area contributed by atoms with Gasteiger partial charge in [0.1, 0.15) is 5.01 Å². The summed E-state index contributed by atoms with van der Waals surface area (Å²) < 4.78 is 37.7. The Morgan fingerprint density at radius 3 is 2.52 bits per heavy atom. The second-order valence-corrected chi connectivity index (χ2v) is 6.08. The first-order valence-corrected chi connectivity index (χ1v) is 8.28. The van der Waals surface area contributed by atoms with Gasteiger partial charge in [0, 0.05) is 30.1 Å². The van der Waals surface area contributed by atoms with Crippen LogP contribution in [-0.4, -0.2) is 22.7 Å². The van der Waals surface area contributed by atoms with Crippen LogP contribution in [0.4, 0.5) is 13.2 Å². The number of hydrogen-bond acceptors (Lipinski definition) is 4. The van der Waals surface area contributed by atoms with Gasteiger partial charge in [0.05, 0.1) is 11.3 Å². The third-order valence-electron chi connectivity index (χ3n) is 3.55. The average molecular weight is 344 g/mol. The molecule has 0 saturated heterocycles. The molecule has 0 bridgehead atoms. The zero-order chi connectivity index (χ0) is 16.9. The molecule has 0 aliphatic heterocycles. The topological polar surface area (TPSA) is 45.1 Å². The van der Waals surface area contributed by atoms with Gasteiger partial charge < -0.3 is 10.4 Å². The first-order valence-electron chi connectivity index (χ1n) is 7.40. The van der Waals surface area contributed by atoms with Crippen LogP contribution >= 0.6 is 11.3 Å². The lowest BCUT2D eigenvalue weighted by Gasteiger charge is -2.14. The fraction of sp³-hybridized carbons (Fsp3) is 0.438. The summed E-state index contributed by atoms with van der Waals surface area (Å²) in [6.45, 7) is 2.76. The number of alkyl halides is 3. The normalized spacial score (nSPS) is 13.3. The van der Waals surface area contributed by atoms with Crippen molar-refractivity contribution in [2.45, 2.75) is 38.5 Å². The monoisotopic (exact) mass is 344 g/mol. The van der Waals surface area contributed by atoms with Crippen LogP contribution in [0.3, 0.4) is 0 Å². The van der Waals surface area contributed by atoms with Gasteiger partial charge in [-0.3, -0.25) is 0 Å². The lowest BCUT2D eigenvalue weighted by atomic mass is 10.1. The Bertz CT molecular complexity index is 611. The van der Waals surface area contributed by atoms with Gasteiger partial charge in [-0.1, -0.05) is 19.1 Å². The summed E-state index contributed by atoms with van der Waals surface area (Å²) >= 11 is 1.41. The van der Waals surface area contributed by atoms with Gasteiger partial charge in [0.15, 0.2) is 0 Å². The molecule has 1 aromatic heterocycles. The van der Waals surface area contributed by atoms with Crippen molar-refractivity contribution in [3.05, 3.63) is 40.9 Å². The van der Waals surface area contributed by atoms with Crippen LogP contribution in [0.1, 0.15) is 31.0 Å². The number of rotatable bonds is 7. The molecule has 0 aliphatic rings. The highest BCUT2D eigenvalue weighted by molar-refractivity contribution is 7.13. The number of benzene rings is 1. The van der Waals surface area contributed by atoms with Crippen molar-refractivity contribution >= 4 is 11.3 Å². The van der Waals surface area contributed by atoms with Gasteiger partial charge in [-0.05, 0) is 25.0 Å². The van der Waals surface area contributed by atoms with Crippen molar-refractivity contribution in [3.8, 4) is 10.6 Å². The van der Waals surface area contributed by atoms with Crippen molar-refractivity contribution in [1.29, 1.82) is 0 Å². The van der Waals surface area contributed by atoms with Crippen molar-refractivity contribution in [2.75, 3.05) is 6.61 Å². The number of halogens is 3. The SMILES string of the molecule is CCC(CCO)NCc1csc(-c2ccc(C(F)(F)F)cc2)n1. The van der Waals surface area contributed by atoms with Gasteiger partial charge in [-0.15, -0.1) is 11.3 Å². The molecule has 0 fully saturated rings. The van der Waals surface area contributed by atoms with E-state index in [1.54, 1.807) is 0 Å². The molecule has 2 aromatic rings. The van der Waals surface area contributed by atoms with Crippen molar-refractivity contribution in [3.63, 3.8) is 0 Å². The van der Waals surface area contributed by atoms with Crippen LogP contribution in [-0.2, 0) is 12.7 Å². The highest BCUT2D eigenvalue weighted by atomic mass is 32.1. The molecular formula is C16H19F3N2OS. The molecule has 23 heavy (non-hydrogen) atoms. The van der Waals surface area contributed by atoms with E-state index in [1.165, 1.54) is 23.5 Å². The third-order valence-corrected chi connectivity index (χ3v) is 4.49. The Hall–Kier alpha value is -1.44. The molecule has 7 heteroatoms. The molecule has 0 saturated carbocycles. The van der Waals surface area contributed by atoms with Crippen molar-refractivity contribution in [1.82, 2.24) is 10.3 Å². The first kappa shape index (κ1) is 17.9. The largest absolute Gasteiger partial charge is 0.416 e. The molecule has 0 spiro atoms. The van der Waals surface area contributed by atoms with E-state index in [9.17, 15) is 13.2 Å². The summed E-state index contributed by atoms with van der Waals surface area (Å²) in [6, 6.07) is 5.27. The summed E-state index contributed by atoms with van der Waals surface area (Å²) in [6.07, 6.45) is -2.72. The quantitative estimate of drug-likeness (QED) is 0.795. The van der Waals surface area contributed by atoms with E-state index in [-0.39, 0.29) is 12.6 Å². The van der Waals surface area contributed by atoms with Gasteiger partial charge in [0.25, 0.3) is 0 Å². The summed E-state index contributed by atoms with van der Waals surface area (Å²) in [5.41, 5.74) is 0.868. The Balaban J connectivity index is 2.01. The maximum Gasteiger partial charge on any atom is 0.416 e. The van der Waals surface area contributed by atoms with E-state index in [2.05, 4.69) is 10.3 Å². The van der Waals surface area contributed by atoms with Crippen LogP contribution in [0, 0.1) is 0 Å². The number of aliphatic hydroxyl groups is 1. The van der Waals surface area contributed by atoms with Crippen molar-refractivity contribution < 1.29 is 18.3 Å². The molecule has 0 radical (unpaired) electrons. The predicted octanol–water partition coefficient (Wildman–Crippen LogP) is 4.08. The van der Waals surface area contributed by atoms with Crippen LogP contribution in [0.5, 0.6) is 0 Å². The zero-order valence-corrected chi connectivity index (χ0v) is 13.5. The second-order valence-electron chi connectivity index (χ2n) is 5.22. The number of thiazole rings is 1. The molecule has 1 unspecified atom stereocenters. The Morgan fingerprint density at radius 2 is 1.96 bits per heavy atom. The maximum absolute atomic E-state index is 12.6. The van der Waals surface area contributed by atoms with Crippen molar-refractivity contribution in [2.24, 2.45) is 0 Å². The van der Waals surface area contributed by atoms with Crippen LogP contribution in [0.15, 0.2) is 29.6 Å². The molecule has 1 heterocycles. The highest BCUT2D eigenvalue weighted by Crippen LogP contribution is 2.31. The van der Waals surface area contributed by atoms with E-state index < -0.39 is 11.7 Å². The van der Waals surface area contributed by atoms with E-state index >= 15 is 0 Å². The van der Waals surface area contributed by atoms with E-state index in [0.717, 1.165) is 24.2 Å². The summed E-state index contributed by atoms with van der Waals surface area (Å²) in [7, 11) is 0. The minimum absolute atomic E-state index is 0.138. The number of aliphatic hydroxyl groups excluding tert-OH is 1. The molecule has 2 N–H and O–H groups in total. The molecule has 0 amide bonds. The first-order chi connectivity index (χ1) is 10.9. The summed E-state index contributed by atoms with van der Waals surface area (Å²) in [5.74, 6) is 0. The molecule has 1 atom stereocenters. The highest BCUT2D eigenvalue weighted by Gasteiger charge is 2.30. The second kappa shape index (κ2) is 7.90.